The molecule has 1 saturated heterocycles. The number of hydrogen-bond acceptors (Lipinski definition) is 4. The number of rotatable bonds is 7. The number of carbonyl (C=O) groups is 2. The predicted molar refractivity (Wildman–Crippen MR) is 72.8 cm³/mol. The Kier molecular flexibility index (Phi) is 7.43. The van der Waals surface area contributed by atoms with Gasteiger partial charge in [0.2, 0.25) is 11.8 Å². The van der Waals surface area contributed by atoms with E-state index >= 15 is 0 Å². The maximum atomic E-state index is 12.1. The summed E-state index contributed by atoms with van der Waals surface area (Å²) in [4.78, 5) is 25.8. The van der Waals surface area contributed by atoms with Crippen LogP contribution in [0.15, 0.2) is 0 Å². The van der Waals surface area contributed by atoms with Crippen molar-refractivity contribution in [3.8, 4) is 0 Å². The molecule has 2 N–H and O–H groups in total. The summed E-state index contributed by atoms with van der Waals surface area (Å²) in [6, 6.07) is -0.477. The second-order valence-corrected chi connectivity index (χ2v) is 4.57. The van der Waals surface area contributed by atoms with Gasteiger partial charge in [0.25, 0.3) is 0 Å². The van der Waals surface area contributed by atoms with Crippen LogP contribution < -0.4 is 10.6 Å². The fraction of sp³-hybridized carbons (Fsp3) is 0.846. The zero-order valence-electron chi connectivity index (χ0n) is 11.9. The lowest BCUT2D eigenvalue weighted by molar-refractivity contribution is -0.148. The highest BCUT2D eigenvalue weighted by Crippen LogP contribution is 2.09. The highest BCUT2D eigenvalue weighted by atomic mass is 16.5. The molecule has 2 amide bonds. The zero-order chi connectivity index (χ0) is 14.1. The molecule has 19 heavy (non-hydrogen) atoms. The zero-order valence-corrected chi connectivity index (χ0v) is 11.9. The first-order chi connectivity index (χ1) is 9.20. The lowest BCUT2D eigenvalue weighted by Gasteiger charge is -2.34. The van der Waals surface area contributed by atoms with E-state index in [1.807, 2.05) is 13.8 Å². The van der Waals surface area contributed by atoms with Crippen LogP contribution in [-0.2, 0) is 14.3 Å². The summed E-state index contributed by atoms with van der Waals surface area (Å²) < 4.78 is 5.32. The van der Waals surface area contributed by atoms with Crippen LogP contribution in [0.5, 0.6) is 0 Å². The third-order valence-corrected chi connectivity index (χ3v) is 3.07. The molecule has 0 aliphatic carbocycles. The summed E-state index contributed by atoms with van der Waals surface area (Å²) in [5.74, 6) is -0.0979. The quantitative estimate of drug-likeness (QED) is 0.626. The highest BCUT2D eigenvalue weighted by molar-refractivity contribution is 5.88. The van der Waals surface area contributed by atoms with E-state index < -0.39 is 6.04 Å². The van der Waals surface area contributed by atoms with Crippen molar-refractivity contribution in [2.75, 3.05) is 39.4 Å². The van der Waals surface area contributed by atoms with Gasteiger partial charge in [-0.15, -0.1) is 0 Å². The maximum Gasteiger partial charge on any atom is 0.245 e. The van der Waals surface area contributed by atoms with Crippen LogP contribution in [0.3, 0.4) is 0 Å². The van der Waals surface area contributed by atoms with Gasteiger partial charge in [-0.2, -0.15) is 0 Å². The molecule has 1 rings (SSSR count). The molecule has 6 nitrogen and oxygen atoms in total. The molecule has 1 heterocycles. The summed E-state index contributed by atoms with van der Waals surface area (Å²) in [6.07, 6.45) is 1.30. The van der Waals surface area contributed by atoms with Crippen molar-refractivity contribution in [1.82, 2.24) is 15.5 Å². The number of amides is 2. The van der Waals surface area contributed by atoms with Gasteiger partial charge in [-0.05, 0) is 13.0 Å². The van der Waals surface area contributed by atoms with Gasteiger partial charge in [0.15, 0.2) is 0 Å². The number of carbonyl (C=O) groups excluding carboxylic acids is 2. The first kappa shape index (κ1) is 15.9. The molecular formula is C13H25N3O3. The van der Waals surface area contributed by atoms with Gasteiger partial charge in [-0.1, -0.05) is 13.8 Å². The van der Waals surface area contributed by atoms with Crippen LogP contribution in [0.2, 0.25) is 0 Å². The molecule has 0 spiro atoms. The topological polar surface area (TPSA) is 70.7 Å². The standard InChI is InChI=1S/C13H25N3O3/c1-3-6-15-13(18)11-10-19-9-8-16(11)12(17)5-7-14-4-2/h11,14H,3-10H2,1-2H3,(H,15,18). The molecule has 0 bridgehead atoms. The van der Waals surface area contributed by atoms with Crippen molar-refractivity contribution in [1.29, 1.82) is 0 Å². The molecule has 1 aliphatic rings. The Balaban J connectivity index is 2.51. The Morgan fingerprint density at radius 2 is 2.11 bits per heavy atom. The van der Waals surface area contributed by atoms with Crippen LogP contribution in [0.4, 0.5) is 0 Å². The fourth-order valence-corrected chi connectivity index (χ4v) is 2.00. The Labute approximate surface area is 114 Å². The van der Waals surface area contributed by atoms with Gasteiger partial charge in [0.1, 0.15) is 6.04 Å². The fourth-order valence-electron chi connectivity index (χ4n) is 2.00. The van der Waals surface area contributed by atoms with Crippen LogP contribution in [0.25, 0.3) is 0 Å². The van der Waals surface area contributed by atoms with Gasteiger partial charge in [0, 0.05) is 26.1 Å². The van der Waals surface area contributed by atoms with Crippen LogP contribution in [-0.4, -0.2) is 62.1 Å². The number of hydrogen-bond donors (Lipinski definition) is 2. The Morgan fingerprint density at radius 3 is 2.79 bits per heavy atom. The second-order valence-electron chi connectivity index (χ2n) is 4.57. The van der Waals surface area contributed by atoms with E-state index in [-0.39, 0.29) is 11.8 Å². The second kappa shape index (κ2) is 8.87. The van der Waals surface area contributed by atoms with Crippen LogP contribution >= 0.6 is 0 Å². The van der Waals surface area contributed by atoms with E-state index in [0.717, 1.165) is 13.0 Å². The summed E-state index contributed by atoms with van der Waals surface area (Å²) in [6.45, 7) is 7.42. The molecule has 110 valence electrons. The normalized spacial score (nSPS) is 19.3. The van der Waals surface area contributed by atoms with E-state index in [9.17, 15) is 9.59 Å². The average Bonchev–Trinajstić information content (AvgIpc) is 2.45. The molecule has 0 aromatic heterocycles. The third-order valence-electron chi connectivity index (χ3n) is 3.07. The van der Waals surface area contributed by atoms with Gasteiger partial charge in [-0.25, -0.2) is 0 Å². The van der Waals surface area contributed by atoms with E-state index in [1.165, 1.54) is 0 Å². The summed E-state index contributed by atoms with van der Waals surface area (Å²) >= 11 is 0. The van der Waals surface area contributed by atoms with Crippen molar-refractivity contribution >= 4 is 11.8 Å². The Hall–Kier alpha value is -1.14. The van der Waals surface area contributed by atoms with E-state index in [4.69, 9.17) is 4.74 Å². The molecule has 1 aliphatic heterocycles. The summed E-state index contributed by atoms with van der Waals surface area (Å²) in [5.41, 5.74) is 0. The number of nitrogens with one attached hydrogen (secondary N) is 2. The molecule has 0 radical (unpaired) electrons. The molecule has 0 aromatic rings. The Morgan fingerprint density at radius 1 is 1.32 bits per heavy atom. The monoisotopic (exact) mass is 271 g/mol. The molecule has 1 unspecified atom stereocenters. The number of ether oxygens (including phenoxy) is 1. The SMILES string of the molecule is CCCNC(=O)C1COCCN1C(=O)CCNCC. The largest absolute Gasteiger partial charge is 0.377 e. The molecule has 1 atom stereocenters. The lowest BCUT2D eigenvalue weighted by Crippen LogP contribution is -2.56. The van der Waals surface area contributed by atoms with Crippen molar-refractivity contribution < 1.29 is 14.3 Å². The average molecular weight is 271 g/mol. The number of morpholine rings is 1. The lowest BCUT2D eigenvalue weighted by atomic mass is 10.2. The van der Waals surface area contributed by atoms with Crippen molar-refractivity contribution in [3.63, 3.8) is 0 Å². The smallest absolute Gasteiger partial charge is 0.245 e. The highest BCUT2D eigenvalue weighted by Gasteiger charge is 2.32. The van der Waals surface area contributed by atoms with Crippen LogP contribution in [0, 0.1) is 0 Å². The molecule has 0 aromatic carbocycles. The minimum Gasteiger partial charge on any atom is -0.377 e. The van der Waals surface area contributed by atoms with E-state index in [2.05, 4.69) is 10.6 Å². The van der Waals surface area contributed by atoms with Crippen molar-refractivity contribution in [2.24, 2.45) is 0 Å². The third kappa shape index (κ3) is 5.16. The van der Waals surface area contributed by atoms with Crippen LogP contribution in [0.1, 0.15) is 26.7 Å². The van der Waals surface area contributed by atoms with Gasteiger partial charge in [-0.3, -0.25) is 9.59 Å². The minimum absolute atomic E-state index is 0.0147. The van der Waals surface area contributed by atoms with E-state index in [1.54, 1.807) is 4.90 Å². The summed E-state index contributed by atoms with van der Waals surface area (Å²) in [5, 5.41) is 5.94. The minimum atomic E-state index is -0.477. The first-order valence-corrected chi connectivity index (χ1v) is 7.06. The van der Waals surface area contributed by atoms with Crippen molar-refractivity contribution in [2.45, 2.75) is 32.7 Å². The molecule has 6 heteroatoms. The molecule has 1 fully saturated rings. The van der Waals surface area contributed by atoms with Gasteiger partial charge >= 0.3 is 0 Å². The molecule has 0 saturated carbocycles. The Bertz CT molecular complexity index is 297. The molecular weight excluding hydrogens is 246 g/mol. The number of nitrogens with zero attached hydrogens (tertiary/aromatic N) is 1. The summed E-state index contributed by atoms with van der Waals surface area (Å²) in [7, 11) is 0. The predicted octanol–water partition coefficient (Wildman–Crippen LogP) is -0.260. The van der Waals surface area contributed by atoms with Gasteiger partial charge < -0.3 is 20.3 Å². The van der Waals surface area contributed by atoms with Crippen molar-refractivity contribution in [3.05, 3.63) is 0 Å². The maximum absolute atomic E-state index is 12.1. The van der Waals surface area contributed by atoms with Gasteiger partial charge in [0.05, 0.1) is 13.2 Å². The van der Waals surface area contributed by atoms with E-state index in [0.29, 0.717) is 39.3 Å². The first-order valence-electron chi connectivity index (χ1n) is 7.06.